The zero-order chi connectivity index (χ0) is 15.6. The van der Waals surface area contributed by atoms with E-state index in [0.717, 1.165) is 17.2 Å². The highest BCUT2D eigenvalue weighted by Gasteiger charge is 2.24. The second-order valence-electron chi connectivity index (χ2n) is 5.30. The van der Waals surface area contributed by atoms with Gasteiger partial charge in [0.05, 0.1) is 6.10 Å². The van der Waals surface area contributed by atoms with Crippen molar-refractivity contribution < 1.29 is 13.9 Å². The molecule has 2 atom stereocenters. The molecule has 0 saturated carbocycles. The van der Waals surface area contributed by atoms with Crippen LogP contribution in [0.5, 0.6) is 0 Å². The summed E-state index contributed by atoms with van der Waals surface area (Å²) in [4.78, 5) is 0. The van der Waals surface area contributed by atoms with E-state index >= 15 is 0 Å². The van der Waals surface area contributed by atoms with Gasteiger partial charge in [0, 0.05) is 18.5 Å². The van der Waals surface area contributed by atoms with Gasteiger partial charge in [-0.3, -0.25) is 0 Å². The fourth-order valence-electron chi connectivity index (χ4n) is 2.41. The van der Waals surface area contributed by atoms with Crippen LogP contribution < -0.4 is 5.73 Å². The van der Waals surface area contributed by atoms with Crippen LogP contribution in [0.4, 0.5) is 8.78 Å². The molecule has 0 aliphatic heterocycles. The topological polar surface area (TPSA) is 46.2 Å². The molecule has 0 heterocycles. The lowest BCUT2D eigenvalue weighted by Crippen LogP contribution is -2.21. The fourth-order valence-corrected chi connectivity index (χ4v) is 2.41. The summed E-state index contributed by atoms with van der Waals surface area (Å²) in [6.45, 7) is 3.99. The van der Waals surface area contributed by atoms with E-state index in [1.54, 1.807) is 6.07 Å². The largest absolute Gasteiger partial charge is 0.388 e. The van der Waals surface area contributed by atoms with E-state index in [1.165, 1.54) is 12.1 Å². The van der Waals surface area contributed by atoms with Crippen molar-refractivity contribution in [1.82, 2.24) is 0 Å². The number of hydrogen-bond acceptors (Lipinski definition) is 2. The van der Waals surface area contributed by atoms with Crippen molar-refractivity contribution in [1.29, 1.82) is 0 Å². The summed E-state index contributed by atoms with van der Waals surface area (Å²) in [5, 5.41) is 10.5. The van der Waals surface area contributed by atoms with Crippen molar-refractivity contribution in [3.8, 4) is 0 Å². The minimum absolute atomic E-state index is 0.0661. The molecule has 0 spiro atoms. The van der Waals surface area contributed by atoms with Crippen LogP contribution in [0, 0.1) is 25.5 Å². The lowest BCUT2D eigenvalue weighted by atomic mass is 9.88. The fraction of sp³-hybridized carbons (Fsp3) is 0.294. The maximum absolute atomic E-state index is 13.9. The molecule has 0 radical (unpaired) electrons. The molecular weight excluding hydrogens is 272 g/mol. The van der Waals surface area contributed by atoms with Crippen LogP contribution in [-0.2, 0) is 0 Å². The number of nitrogens with two attached hydrogens (primary N) is 1. The summed E-state index contributed by atoms with van der Waals surface area (Å²) in [6.07, 6.45) is -0.936. The molecule has 21 heavy (non-hydrogen) atoms. The van der Waals surface area contributed by atoms with E-state index in [2.05, 4.69) is 0 Å². The monoisotopic (exact) mass is 291 g/mol. The molecule has 0 amide bonds. The van der Waals surface area contributed by atoms with Gasteiger partial charge in [-0.05, 0) is 42.2 Å². The second kappa shape index (κ2) is 6.33. The Kier molecular flexibility index (Phi) is 4.70. The SMILES string of the molecule is Cc1ccc(C(O)C(CN)c2ccc(F)cc2F)cc1C. The molecule has 112 valence electrons. The highest BCUT2D eigenvalue weighted by atomic mass is 19.1. The predicted octanol–water partition coefficient (Wildman–Crippen LogP) is 3.36. The Morgan fingerprint density at radius 2 is 1.76 bits per heavy atom. The van der Waals surface area contributed by atoms with Crippen molar-refractivity contribution in [3.05, 3.63) is 70.3 Å². The quantitative estimate of drug-likeness (QED) is 0.907. The van der Waals surface area contributed by atoms with Crippen molar-refractivity contribution in [2.75, 3.05) is 6.54 Å². The molecule has 2 nitrogen and oxygen atoms in total. The third-order valence-corrected chi connectivity index (χ3v) is 3.87. The van der Waals surface area contributed by atoms with E-state index in [1.807, 2.05) is 26.0 Å². The van der Waals surface area contributed by atoms with Crippen molar-refractivity contribution >= 4 is 0 Å². The Balaban J connectivity index is 2.37. The van der Waals surface area contributed by atoms with Crippen LogP contribution in [0.2, 0.25) is 0 Å². The average molecular weight is 291 g/mol. The van der Waals surface area contributed by atoms with E-state index < -0.39 is 23.7 Å². The molecule has 0 aliphatic carbocycles. The van der Waals surface area contributed by atoms with Crippen LogP contribution >= 0.6 is 0 Å². The molecule has 2 aromatic carbocycles. The van der Waals surface area contributed by atoms with E-state index in [-0.39, 0.29) is 12.1 Å². The molecule has 3 N–H and O–H groups in total. The molecular formula is C17H19F2NO. The number of aliphatic hydroxyl groups excluding tert-OH is 1. The average Bonchev–Trinajstić information content (AvgIpc) is 2.44. The van der Waals surface area contributed by atoms with Crippen LogP contribution in [0.15, 0.2) is 36.4 Å². The molecule has 4 heteroatoms. The summed E-state index contributed by atoms with van der Waals surface area (Å²) in [7, 11) is 0. The first kappa shape index (κ1) is 15.6. The zero-order valence-electron chi connectivity index (χ0n) is 12.1. The molecule has 2 aromatic rings. The normalized spacial score (nSPS) is 14.0. The van der Waals surface area contributed by atoms with E-state index in [0.29, 0.717) is 5.56 Å². The lowest BCUT2D eigenvalue weighted by Gasteiger charge is -2.23. The van der Waals surface area contributed by atoms with Crippen molar-refractivity contribution in [3.63, 3.8) is 0 Å². The molecule has 0 aliphatic rings. The van der Waals surface area contributed by atoms with Gasteiger partial charge < -0.3 is 10.8 Å². The van der Waals surface area contributed by atoms with Crippen LogP contribution in [0.25, 0.3) is 0 Å². The summed E-state index contributed by atoms with van der Waals surface area (Å²) >= 11 is 0. The Morgan fingerprint density at radius 1 is 1.05 bits per heavy atom. The minimum Gasteiger partial charge on any atom is -0.388 e. The predicted molar refractivity (Wildman–Crippen MR) is 79.0 cm³/mol. The molecule has 2 unspecified atom stereocenters. The highest BCUT2D eigenvalue weighted by molar-refractivity contribution is 5.34. The van der Waals surface area contributed by atoms with Gasteiger partial charge in [-0.25, -0.2) is 8.78 Å². The second-order valence-corrected chi connectivity index (χ2v) is 5.30. The maximum Gasteiger partial charge on any atom is 0.129 e. The van der Waals surface area contributed by atoms with Gasteiger partial charge >= 0.3 is 0 Å². The van der Waals surface area contributed by atoms with Crippen molar-refractivity contribution in [2.45, 2.75) is 25.9 Å². The van der Waals surface area contributed by atoms with E-state index in [4.69, 9.17) is 5.73 Å². The van der Waals surface area contributed by atoms with Gasteiger partial charge in [0.1, 0.15) is 11.6 Å². The number of halogens is 2. The molecule has 0 saturated heterocycles. The first-order chi connectivity index (χ1) is 9.93. The first-order valence-corrected chi connectivity index (χ1v) is 6.84. The Morgan fingerprint density at radius 3 is 2.33 bits per heavy atom. The number of benzene rings is 2. The summed E-state index contributed by atoms with van der Waals surface area (Å²) in [5.41, 5.74) is 8.76. The van der Waals surface area contributed by atoms with Gasteiger partial charge in [0.25, 0.3) is 0 Å². The van der Waals surface area contributed by atoms with Gasteiger partial charge in [0.2, 0.25) is 0 Å². The number of rotatable bonds is 4. The third-order valence-electron chi connectivity index (χ3n) is 3.87. The van der Waals surface area contributed by atoms with Crippen LogP contribution in [-0.4, -0.2) is 11.7 Å². The maximum atomic E-state index is 13.9. The van der Waals surface area contributed by atoms with Crippen molar-refractivity contribution in [2.24, 2.45) is 5.73 Å². The molecule has 0 bridgehead atoms. The standard InChI is InChI=1S/C17H19F2NO/c1-10-3-4-12(7-11(10)2)17(21)15(9-20)14-6-5-13(18)8-16(14)19/h3-8,15,17,21H,9,20H2,1-2H3. The minimum atomic E-state index is -0.936. The number of hydrogen-bond donors (Lipinski definition) is 2. The molecule has 0 aromatic heterocycles. The molecule has 2 rings (SSSR count). The Labute approximate surface area is 123 Å². The van der Waals surface area contributed by atoms with Gasteiger partial charge in [0.15, 0.2) is 0 Å². The lowest BCUT2D eigenvalue weighted by molar-refractivity contribution is 0.145. The van der Waals surface area contributed by atoms with Crippen LogP contribution in [0.1, 0.15) is 34.3 Å². The first-order valence-electron chi connectivity index (χ1n) is 6.84. The summed E-state index contributed by atoms with van der Waals surface area (Å²) < 4.78 is 26.9. The van der Waals surface area contributed by atoms with Gasteiger partial charge in [-0.1, -0.05) is 24.3 Å². The van der Waals surface area contributed by atoms with Gasteiger partial charge in [-0.15, -0.1) is 0 Å². The Bertz CT molecular complexity index is 643. The van der Waals surface area contributed by atoms with Gasteiger partial charge in [-0.2, -0.15) is 0 Å². The van der Waals surface area contributed by atoms with E-state index in [9.17, 15) is 13.9 Å². The number of aryl methyl sites for hydroxylation is 2. The highest BCUT2D eigenvalue weighted by Crippen LogP contribution is 2.32. The number of aliphatic hydroxyl groups is 1. The molecule has 0 fully saturated rings. The smallest absolute Gasteiger partial charge is 0.129 e. The zero-order valence-corrected chi connectivity index (χ0v) is 12.1. The third kappa shape index (κ3) is 3.28. The summed E-state index contributed by atoms with van der Waals surface area (Å²) in [5.74, 6) is -1.95. The summed E-state index contributed by atoms with van der Waals surface area (Å²) in [6, 6.07) is 8.90. The van der Waals surface area contributed by atoms with Crippen LogP contribution in [0.3, 0.4) is 0 Å². The Hall–Kier alpha value is -1.78.